The Bertz CT molecular complexity index is 198. The van der Waals surface area contributed by atoms with Crippen LogP contribution in [0, 0.1) is 5.92 Å². The molecule has 0 aliphatic rings. The third kappa shape index (κ3) is 6.06. The predicted octanol–water partition coefficient (Wildman–Crippen LogP) is 2.82. The molecule has 1 amide bonds. The van der Waals surface area contributed by atoms with Crippen molar-refractivity contribution in [3.8, 4) is 0 Å². The molecule has 17 heavy (non-hydrogen) atoms. The highest BCUT2D eigenvalue weighted by Crippen LogP contribution is 2.18. The third-order valence-electron chi connectivity index (χ3n) is 3.09. The Morgan fingerprint density at radius 3 is 2.06 bits per heavy atom. The molecular weight excluding hydrogens is 214 g/mol. The zero-order valence-corrected chi connectivity index (χ0v) is 11.9. The van der Waals surface area contributed by atoms with Gasteiger partial charge in [0.25, 0.3) is 0 Å². The largest absolute Gasteiger partial charge is 0.396 e. The molecule has 3 nitrogen and oxygen atoms in total. The van der Waals surface area contributed by atoms with Crippen molar-refractivity contribution in [2.75, 3.05) is 13.2 Å². The summed E-state index contributed by atoms with van der Waals surface area (Å²) in [7, 11) is 0. The number of aliphatic hydroxyl groups excluding tert-OH is 1. The van der Waals surface area contributed by atoms with Crippen LogP contribution in [-0.2, 0) is 4.79 Å². The van der Waals surface area contributed by atoms with Crippen LogP contribution in [0.5, 0.6) is 0 Å². The second kappa shape index (κ2) is 9.46. The van der Waals surface area contributed by atoms with Gasteiger partial charge in [0.05, 0.1) is 0 Å². The van der Waals surface area contributed by atoms with Crippen LogP contribution in [-0.4, -0.2) is 35.1 Å². The van der Waals surface area contributed by atoms with Crippen LogP contribution in [0.2, 0.25) is 0 Å². The van der Waals surface area contributed by atoms with Crippen molar-refractivity contribution in [3.63, 3.8) is 0 Å². The van der Waals surface area contributed by atoms with Crippen molar-refractivity contribution in [2.24, 2.45) is 5.92 Å². The van der Waals surface area contributed by atoms with Crippen LogP contribution in [0.15, 0.2) is 0 Å². The summed E-state index contributed by atoms with van der Waals surface area (Å²) in [6, 6.07) is 0.227. The summed E-state index contributed by atoms with van der Waals surface area (Å²) in [5, 5.41) is 8.89. The maximum absolute atomic E-state index is 12.4. The van der Waals surface area contributed by atoms with Crippen LogP contribution < -0.4 is 0 Å². The van der Waals surface area contributed by atoms with E-state index in [1.807, 2.05) is 18.7 Å². The van der Waals surface area contributed by atoms with Gasteiger partial charge < -0.3 is 10.0 Å². The quantitative estimate of drug-likeness (QED) is 0.676. The lowest BCUT2D eigenvalue weighted by Crippen LogP contribution is -2.41. The monoisotopic (exact) mass is 243 g/mol. The predicted molar refractivity (Wildman–Crippen MR) is 71.9 cm³/mol. The zero-order valence-electron chi connectivity index (χ0n) is 11.9. The molecule has 0 rings (SSSR count). The van der Waals surface area contributed by atoms with Crippen molar-refractivity contribution in [2.45, 2.75) is 65.8 Å². The molecule has 0 aliphatic heterocycles. The van der Waals surface area contributed by atoms with Gasteiger partial charge in [0, 0.05) is 25.1 Å². The fourth-order valence-corrected chi connectivity index (χ4v) is 2.19. The number of hydrogen-bond acceptors (Lipinski definition) is 2. The van der Waals surface area contributed by atoms with E-state index in [0.717, 1.165) is 25.7 Å². The number of nitrogens with zero attached hydrogens (tertiary/aromatic N) is 1. The molecule has 1 N–H and O–H groups in total. The SMILES string of the molecule is CCCC(CCC)C(=O)N(CCCO)C(C)C. The topological polar surface area (TPSA) is 40.5 Å². The Hall–Kier alpha value is -0.570. The molecule has 0 unspecified atom stereocenters. The zero-order chi connectivity index (χ0) is 13.3. The first kappa shape index (κ1) is 16.4. The van der Waals surface area contributed by atoms with E-state index >= 15 is 0 Å². The normalized spacial score (nSPS) is 11.2. The summed E-state index contributed by atoms with van der Waals surface area (Å²) in [6.45, 7) is 9.18. The Kier molecular flexibility index (Phi) is 9.14. The molecule has 0 radical (unpaired) electrons. The number of hydrogen-bond donors (Lipinski definition) is 1. The first-order chi connectivity index (χ1) is 8.08. The lowest BCUT2D eigenvalue weighted by atomic mass is 9.96. The van der Waals surface area contributed by atoms with Crippen molar-refractivity contribution in [1.29, 1.82) is 0 Å². The highest BCUT2D eigenvalue weighted by molar-refractivity contribution is 5.79. The first-order valence-corrected chi connectivity index (χ1v) is 6.99. The molecule has 0 aliphatic carbocycles. The Balaban J connectivity index is 4.52. The number of carbonyl (C=O) groups excluding carboxylic acids is 1. The van der Waals surface area contributed by atoms with E-state index in [2.05, 4.69) is 13.8 Å². The molecule has 102 valence electrons. The summed E-state index contributed by atoms with van der Waals surface area (Å²) in [5.74, 6) is 0.447. The van der Waals surface area contributed by atoms with E-state index in [-0.39, 0.29) is 24.5 Å². The van der Waals surface area contributed by atoms with E-state index in [1.165, 1.54) is 0 Å². The maximum atomic E-state index is 12.4. The van der Waals surface area contributed by atoms with Gasteiger partial charge in [0.1, 0.15) is 0 Å². The Labute approximate surface area is 106 Å². The van der Waals surface area contributed by atoms with E-state index in [9.17, 15) is 4.79 Å². The van der Waals surface area contributed by atoms with Gasteiger partial charge in [-0.3, -0.25) is 4.79 Å². The van der Waals surface area contributed by atoms with Gasteiger partial charge in [-0.05, 0) is 33.1 Å². The molecular formula is C14H29NO2. The van der Waals surface area contributed by atoms with Gasteiger partial charge in [-0.25, -0.2) is 0 Å². The lowest BCUT2D eigenvalue weighted by molar-refractivity contribution is -0.138. The van der Waals surface area contributed by atoms with Gasteiger partial charge in [-0.2, -0.15) is 0 Å². The minimum atomic E-state index is 0.155. The van der Waals surface area contributed by atoms with E-state index in [0.29, 0.717) is 13.0 Å². The molecule has 0 atom stereocenters. The summed E-state index contributed by atoms with van der Waals surface area (Å²) < 4.78 is 0. The van der Waals surface area contributed by atoms with Crippen molar-refractivity contribution in [1.82, 2.24) is 4.90 Å². The molecule has 0 aromatic rings. The molecule has 0 aromatic carbocycles. The fraction of sp³-hybridized carbons (Fsp3) is 0.929. The maximum Gasteiger partial charge on any atom is 0.225 e. The second-order valence-corrected chi connectivity index (χ2v) is 4.98. The van der Waals surface area contributed by atoms with Crippen molar-refractivity contribution in [3.05, 3.63) is 0 Å². The van der Waals surface area contributed by atoms with Gasteiger partial charge in [0.2, 0.25) is 5.91 Å². The third-order valence-corrected chi connectivity index (χ3v) is 3.09. The van der Waals surface area contributed by atoms with Gasteiger partial charge in [0.15, 0.2) is 0 Å². The standard InChI is InChI=1S/C14H29NO2/c1-5-8-13(9-6-2)14(17)15(12(3)4)10-7-11-16/h12-13,16H,5-11H2,1-4H3. The van der Waals surface area contributed by atoms with Crippen LogP contribution in [0.25, 0.3) is 0 Å². The highest BCUT2D eigenvalue weighted by Gasteiger charge is 2.24. The average Bonchev–Trinajstić information content (AvgIpc) is 2.28. The van der Waals surface area contributed by atoms with E-state index in [4.69, 9.17) is 5.11 Å². The van der Waals surface area contributed by atoms with Crippen LogP contribution in [0.4, 0.5) is 0 Å². The first-order valence-electron chi connectivity index (χ1n) is 6.99. The molecule has 0 saturated carbocycles. The van der Waals surface area contributed by atoms with Crippen molar-refractivity contribution < 1.29 is 9.90 Å². The molecule has 0 bridgehead atoms. The Morgan fingerprint density at radius 2 is 1.71 bits per heavy atom. The van der Waals surface area contributed by atoms with Crippen LogP contribution in [0.3, 0.4) is 0 Å². The molecule has 0 aromatic heterocycles. The minimum Gasteiger partial charge on any atom is -0.396 e. The lowest BCUT2D eigenvalue weighted by Gasteiger charge is -2.30. The molecule has 0 fully saturated rings. The summed E-state index contributed by atoms with van der Waals surface area (Å²) >= 11 is 0. The summed E-state index contributed by atoms with van der Waals surface area (Å²) in [6.07, 6.45) is 4.75. The van der Waals surface area contributed by atoms with Crippen molar-refractivity contribution >= 4 is 5.91 Å². The van der Waals surface area contributed by atoms with E-state index in [1.54, 1.807) is 0 Å². The number of aliphatic hydroxyl groups is 1. The number of amides is 1. The fourth-order valence-electron chi connectivity index (χ4n) is 2.19. The van der Waals surface area contributed by atoms with E-state index < -0.39 is 0 Å². The molecule has 0 heterocycles. The number of carbonyl (C=O) groups is 1. The summed E-state index contributed by atoms with van der Waals surface area (Å²) in [4.78, 5) is 14.3. The average molecular weight is 243 g/mol. The highest BCUT2D eigenvalue weighted by atomic mass is 16.3. The van der Waals surface area contributed by atoms with Gasteiger partial charge >= 0.3 is 0 Å². The van der Waals surface area contributed by atoms with Gasteiger partial charge in [-0.1, -0.05) is 26.7 Å². The van der Waals surface area contributed by atoms with Crippen LogP contribution >= 0.6 is 0 Å². The number of rotatable bonds is 9. The summed E-state index contributed by atoms with van der Waals surface area (Å²) in [5.41, 5.74) is 0. The Morgan fingerprint density at radius 1 is 1.18 bits per heavy atom. The second-order valence-electron chi connectivity index (χ2n) is 4.98. The van der Waals surface area contributed by atoms with Crippen LogP contribution in [0.1, 0.15) is 59.8 Å². The smallest absolute Gasteiger partial charge is 0.225 e. The molecule has 3 heteroatoms. The molecule has 0 spiro atoms. The molecule has 0 saturated heterocycles. The van der Waals surface area contributed by atoms with Gasteiger partial charge in [-0.15, -0.1) is 0 Å². The minimum absolute atomic E-state index is 0.155.